The molecule has 18 heavy (non-hydrogen) atoms. The van der Waals surface area contributed by atoms with Crippen molar-refractivity contribution in [3.8, 4) is 11.3 Å². The highest BCUT2D eigenvalue weighted by molar-refractivity contribution is 9.10. The van der Waals surface area contributed by atoms with Crippen LogP contribution in [0.1, 0.15) is 12.2 Å². The average molecular weight is 306 g/mol. The second-order valence-electron chi connectivity index (χ2n) is 4.81. The van der Waals surface area contributed by atoms with Crippen molar-refractivity contribution in [2.75, 3.05) is 13.1 Å². The Kier molecular flexibility index (Phi) is 3.48. The van der Waals surface area contributed by atoms with E-state index in [4.69, 9.17) is 0 Å². The average Bonchev–Trinajstić information content (AvgIpc) is 3.02. The lowest BCUT2D eigenvalue weighted by Crippen LogP contribution is -2.11. The lowest BCUT2D eigenvalue weighted by Gasteiger charge is -2.04. The van der Waals surface area contributed by atoms with Gasteiger partial charge in [0, 0.05) is 10.9 Å². The van der Waals surface area contributed by atoms with Crippen molar-refractivity contribution in [3.05, 3.63) is 40.8 Å². The van der Waals surface area contributed by atoms with Gasteiger partial charge in [-0.1, -0.05) is 28.1 Å². The number of imidazole rings is 1. The van der Waals surface area contributed by atoms with Crippen molar-refractivity contribution in [1.82, 2.24) is 15.3 Å². The van der Waals surface area contributed by atoms with Crippen LogP contribution < -0.4 is 5.32 Å². The van der Waals surface area contributed by atoms with Crippen LogP contribution in [-0.2, 0) is 6.42 Å². The number of rotatable bonds is 3. The van der Waals surface area contributed by atoms with E-state index >= 15 is 0 Å². The molecule has 1 aromatic heterocycles. The standard InChI is InChI=1S/C14H16BrN3/c15-12-3-1-11(2-4-12)13-9-17-14(18-13)7-10-5-6-16-8-10/h1-4,9-10,16H,5-8H2,(H,17,18). The number of hydrogen-bond donors (Lipinski definition) is 2. The van der Waals surface area contributed by atoms with E-state index < -0.39 is 0 Å². The lowest BCUT2D eigenvalue weighted by atomic mass is 10.1. The van der Waals surface area contributed by atoms with Crippen molar-refractivity contribution in [2.45, 2.75) is 12.8 Å². The molecule has 3 nitrogen and oxygen atoms in total. The highest BCUT2D eigenvalue weighted by Crippen LogP contribution is 2.21. The van der Waals surface area contributed by atoms with E-state index in [-0.39, 0.29) is 0 Å². The van der Waals surface area contributed by atoms with Gasteiger partial charge in [0.1, 0.15) is 5.82 Å². The third kappa shape index (κ3) is 2.65. The van der Waals surface area contributed by atoms with Gasteiger partial charge in [-0.3, -0.25) is 0 Å². The van der Waals surface area contributed by atoms with Gasteiger partial charge < -0.3 is 10.3 Å². The van der Waals surface area contributed by atoms with Gasteiger partial charge in [-0.2, -0.15) is 0 Å². The molecular weight excluding hydrogens is 290 g/mol. The first-order valence-electron chi connectivity index (χ1n) is 6.32. The van der Waals surface area contributed by atoms with E-state index in [1.807, 2.05) is 6.20 Å². The van der Waals surface area contributed by atoms with E-state index in [1.54, 1.807) is 0 Å². The predicted octanol–water partition coefficient (Wildman–Crippen LogP) is 2.99. The zero-order chi connectivity index (χ0) is 12.4. The Bertz CT molecular complexity index is 512. The van der Waals surface area contributed by atoms with Crippen molar-refractivity contribution in [3.63, 3.8) is 0 Å². The van der Waals surface area contributed by atoms with Crippen LogP contribution in [0.2, 0.25) is 0 Å². The third-order valence-electron chi connectivity index (χ3n) is 3.43. The number of aromatic nitrogens is 2. The first-order valence-corrected chi connectivity index (χ1v) is 7.11. The van der Waals surface area contributed by atoms with E-state index in [2.05, 4.69) is 55.5 Å². The van der Waals surface area contributed by atoms with Gasteiger partial charge in [-0.25, -0.2) is 4.98 Å². The quantitative estimate of drug-likeness (QED) is 0.915. The number of aromatic amines is 1. The molecule has 0 bridgehead atoms. The second-order valence-corrected chi connectivity index (χ2v) is 5.73. The van der Waals surface area contributed by atoms with Crippen LogP contribution in [0.15, 0.2) is 34.9 Å². The van der Waals surface area contributed by atoms with Gasteiger partial charge in [0.05, 0.1) is 11.9 Å². The molecule has 1 saturated heterocycles. The van der Waals surface area contributed by atoms with Crippen LogP contribution in [0, 0.1) is 5.92 Å². The van der Waals surface area contributed by atoms with E-state index in [9.17, 15) is 0 Å². The molecule has 1 aliphatic heterocycles. The summed E-state index contributed by atoms with van der Waals surface area (Å²) < 4.78 is 1.10. The molecule has 1 unspecified atom stereocenters. The van der Waals surface area contributed by atoms with E-state index in [0.717, 1.165) is 41.4 Å². The molecule has 3 rings (SSSR count). The Labute approximate surface area is 115 Å². The summed E-state index contributed by atoms with van der Waals surface area (Å²) in [6, 6.07) is 8.30. The number of benzene rings is 1. The highest BCUT2D eigenvalue weighted by atomic mass is 79.9. The van der Waals surface area contributed by atoms with Gasteiger partial charge >= 0.3 is 0 Å². The molecule has 2 heterocycles. The Hall–Kier alpha value is -1.13. The molecule has 0 amide bonds. The van der Waals surface area contributed by atoms with E-state index in [0.29, 0.717) is 0 Å². The maximum absolute atomic E-state index is 4.48. The summed E-state index contributed by atoms with van der Waals surface area (Å²) in [6.45, 7) is 2.26. The summed E-state index contributed by atoms with van der Waals surface area (Å²) >= 11 is 3.45. The Morgan fingerprint density at radius 1 is 1.28 bits per heavy atom. The van der Waals surface area contributed by atoms with Crippen LogP contribution in [0.5, 0.6) is 0 Å². The fourth-order valence-electron chi connectivity index (χ4n) is 2.40. The first kappa shape index (κ1) is 11.9. The van der Waals surface area contributed by atoms with Crippen LogP contribution in [0.3, 0.4) is 0 Å². The topological polar surface area (TPSA) is 40.7 Å². The largest absolute Gasteiger partial charge is 0.342 e. The second kappa shape index (κ2) is 5.24. The summed E-state index contributed by atoms with van der Waals surface area (Å²) in [5.74, 6) is 1.83. The van der Waals surface area contributed by atoms with Crippen LogP contribution in [0.4, 0.5) is 0 Å². The maximum atomic E-state index is 4.48. The summed E-state index contributed by atoms with van der Waals surface area (Å²) in [7, 11) is 0. The van der Waals surface area contributed by atoms with Crippen LogP contribution >= 0.6 is 15.9 Å². The SMILES string of the molecule is Brc1ccc(-c2cnc(CC3CCNC3)[nH]2)cc1. The van der Waals surface area contributed by atoms with Gasteiger partial charge in [-0.15, -0.1) is 0 Å². The normalized spacial score (nSPS) is 19.3. The van der Waals surface area contributed by atoms with Crippen LogP contribution in [0.25, 0.3) is 11.3 Å². The fraction of sp³-hybridized carbons (Fsp3) is 0.357. The Balaban J connectivity index is 1.74. The van der Waals surface area contributed by atoms with Crippen molar-refractivity contribution in [2.24, 2.45) is 5.92 Å². The number of halogens is 1. The molecule has 0 radical (unpaired) electrons. The van der Waals surface area contributed by atoms with Crippen LogP contribution in [-0.4, -0.2) is 23.1 Å². The first-order chi connectivity index (χ1) is 8.81. The third-order valence-corrected chi connectivity index (χ3v) is 3.96. The summed E-state index contributed by atoms with van der Waals surface area (Å²) in [6.07, 6.45) is 4.23. The molecule has 4 heteroatoms. The summed E-state index contributed by atoms with van der Waals surface area (Å²) in [4.78, 5) is 7.91. The van der Waals surface area contributed by atoms with Gasteiger partial charge in [0.2, 0.25) is 0 Å². The molecule has 2 aromatic rings. The monoisotopic (exact) mass is 305 g/mol. The molecule has 1 aromatic carbocycles. The molecule has 1 fully saturated rings. The minimum absolute atomic E-state index is 0.730. The number of hydrogen-bond acceptors (Lipinski definition) is 2. The molecule has 1 atom stereocenters. The summed E-state index contributed by atoms with van der Waals surface area (Å²) in [5, 5.41) is 3.39. The molecule has 0 saturated carbocycles. The molecule has 94 valence electrons. The van der Waals surface area contributed by atoms with Gasteiger partial charge in [0.25, 0.3) is 0 Å². The molecule has 1 aliphatic rings. The van der Waals surface area contributed by atoms with E-state index in [1.165, 1.54) is 12.0 Å². The Morgan fingerprint density at radius 3 is 2.83 bits per heavy atom. The van der Waals surface area contributed by atoms with Crippen molar-refractivity contribution >= 4 is 15.9 Å². The predicted molar refractivity (Wildman–Crippen MR) is 76.4 cm³/mol. The zero-order valence-corrected chi connectivity index (χ0v) is 11.7. The molecule has 2 N–H and O–H groups in total. The van der Waals surface area contributed by atoms with Crippen molar-refractivity contribution in [1.29, 1.82) is 0 Å². The van der Waals surface area contributed by atoms with Crippen molar-refractivity contribution < 1.29 is 0 Å². The molecule has 0 spiro atoms. The van der Waals surface area contributed by atoms with Gasteiger partial charge in [0.15, 0.2) is 0 Å². The smallest absolute Gasteiger partial charge is 0.106 e. The number of nitrogens with zero attached hydrogens (tertiary/aromatic N) is 1. The van der Waals surface area contributed by atoms with Gasteiger partial charge in [-0.05, 0) is 43.1 Å². The Morgan fingerprint density at radius 2 is 2.11 bits per heavy atom. The minimum atomic E-state index is 0.730. The lowest BCUT2D eigenvalue weighted by molar-refractivity contribution is 0.565. The number of H-pyrrole nitrogens is 1. The number of nitrogens with one attached hydrogen (secondary N) is 2. The fourth-order valence-corrected chi connectivity index (χ4v) is 2.67. The highest BCUT2D eigenvalue weighted by Gasteiger charge is 2.16. The molecular formula is C14H16BrN3. The summed E-state index contributed by atoms with van der Waals surface area (Å²) in [5.41, 5.74) is 2.28. The minimum Gasteiger partial charge on any atom is -0.342 e. The molecule has 0 aliphatic carbocycles. The maximum Gasteiger partial charge on any atom is 0.106 e. The zero-order valence-electron chi connectivity index (χ0n) is 10.1.